The van der Waals surface area contributed by atoms with E-state index in [2.05, 4.69) is 15.3 Å². The lowest BCUT2D eigenvalue weighted by atomic mass is 10.2. The fourth-order valence-electron chi connectivity index (χ4n) is 2.41. The largest absolute Gasteiger partial charge is 0.345 e. The zero-order valence-corrected chi connectivity index (χ0v) is 14.9. The number of nitrogens with one attached hydrogen (secondary N) is 1. The van der Waals surface area contributed by atoms with E-state index in [1.165, 1.54) is 6.20 Å². The second-order valence-corrected chi connectivity index (χ2v) is 6.82. The Balaban J connectivity index is 1.81. The summed E-state index contributed by atoms with van der Waals surface area (Å²) in [5.74, 6) is -0.219. The maximum absolute atomic E-state index is 12.4. The molecular formula is C18H16ClN3OS. The number of thiazole rings is 1. The summed E-state index contributed by atoms with van der Waals surface area (Å²) in [6, 6.07) is 11.5. The Hall–Kier alpha value is -2.24. The van der Waals surface area contributed by atoms with Crippen molar-refractivity contribution in [2.75, 3.05) is 0 Å². The van der Waals surface area contributed by atoms with Crippen molar-refractivity contribution in [2.24, 2.45) is 0 Å². The van der Waals surface area contributed by atoms with E-state index in [9.17, 15) is 4.79 Å². The number of pyridine rings is 1. The molecule has 0 bridgehead atoms. The monoisotopic (exact) mass is 357 g/mol. The molecule has 2 heterocycles. The summed E-state index contributed by atoms with van der Waals surface area (Å²) in [5, 5.41) is 4.27. The number of carbonyl (C=O) groups excluding carboxylic acids is 1. The molecule has 0 saturated heterocycles. The van der Waals surface area contributed by atoms with Crippen LogP contribution in [0.15, 0.2) is 48.8 Å². The molecule has 2 aromatic heterocycles. The van der Waals surface area contributed by atoms with Crippen LogP contribution in [-0.4, -0.2) is 15.9 Å². The van der Waals surface area contributed by atoms with E-state index in [1.54, 1.807) is 23.6 Å². The summed E-state index contributed by atoms with van der Waals surface area (Å²) >= 11 is 7.62. The van der Waals surface area contributed by atoms with Crippen molar-refractivity contribution < 1.29 is 4.79 Å². The third-order valence-electron chi connectivity index (χ3n) is 3.61. The minimum atomic E-state index is -0.219. The molecule has 1 aromatic carbocycles. The quantitative estimate of drug-likeness (QED) is 0.738. The van der Waals surface area contributed by atoms with E-state index < -0.39 is 0 Å². The first kappa shape index (κ1) is 16.6. The van der Waals surface area contributed by atoms with Gasteiger partial charge in [0.1, 0.15) is 5.01 Å². The normalized spacial score (nSPS) is 12.0. The Morgan fingerprint density at radius 1 is 1.25 bits per heavy atom. The summed E-state index contributed by atoms with van der Waals surface area (Å²) in [5.41, 5.74) is 2.42. The van der Waals surface area contributed by atoms with E-state index in [-0.39, 0.29) is 11.9 Å². The van der Waals surface area contributed by atoms with Crippen LogP contribution in [-0.2, 0) is 0 Å². The number of nitrogens with zero attached hydrogens (tertiary/aromatic N) is 2. The van der Waals surface area contributed by atoms with Gasteiger partial charge in [0.05, 0.1) is 27.2 Å². The van der Waals surface area contributed by atoms with Gasteiger partial charge < -0.3 is 5.32 Å². The molecule has 0 saturated carbocycles. The van der Waals surface area contributed by atoms with Gasteiger partial charge >= 0.3 is 0 Å². The number of aryl methyl sites for hydroxylation is 1. The fraction of sp³-hybridized carbons (Fsp3) is 0.167. The van der Waals surface area contributed by atoms with Gasteiger partial charge in [0.15, 0.2) is 0 Å². The van der Waals surface area contributed by atoms with Crippen LogP contribution in [0.5, 0.6) is 0 Å². The Kier molecular flexibility index (Phi) is 4.92. The van der Waals surface area contributed by atoms with Crippen LogP contribution in [0.3, 0.4) is 0 Å². The average molecular weight is 358 g/mol. The van der Waals surface area contributed by atoms with Gasteiger partial charge in [0.25, 0.3) is 5.91 Å². The minimum absolute atomic E-state index is 0.156. The van der Waals surface area contributed by atoms with Gasteiger partial charge in [-0.05, 0) is 19.9 Å². The Morgan fingerprint density at radius 3 is 2.71 bits per heavy atom. The zero-order chi connectivity index (χ0) is 17.1. The van der Waals surface area contributed by atoms with Crippen LogP contribution in [0.25, 0.3) is 10.6 Å². The molecule has 1 amide bonds. The lowest BCUT2D eigenvalue weighted by Crippen LogP contribution is -2.26. The van der Waals surface area contributed by atoms with Gasteiger partial charge in [0, 0.05) is 18.0 Å². The molecule has 4 nitrogen and oxygen atoms in total. The summed E-state index contributed by atoms with van der Waals surface area (Å²) in [4.78, 5) is 22.0. The number of amides is 1. The molecule has 1 atom stereocenters. The second kappa shape index (κ2) is 7.11. The molecule has 0 aliphatic rings. The van der Waals surface area contributed by atoms with Crippen LogP contribution >= 0.6 is 22.9 Å². The molecule has 3 aromatic rings. The summed E-state index contributed by atoms with van der Waals surface area (Å²) in [6.45, 7) is 3.91. The number of aromatic nitrogens is 2. The molecule has 0 unspecified atom stereocenters. The molecule has 0 spiro atoms. The highest BCUT2D eigenvalue weighted by Crippen LogP contribution is 2.31. The van der Waals surface area contributed by atoms with Crippen LogP contribution in [0.1, 0.15) is 33.9 Å². The van der Waals surface area contributed by atoms with E-state index >= 15 is 0 Å². The van der Waals surface area contributed by atoms with Gasteiger partial charge in [-0.15, -0.1) is 11.3 Å². The number of carbonyl (C=O) groups is 1. The average Bonchev–Trinajstić information content (AvgIpc) is 2.98. The van der Waals surface area contributed by atoms with Crippen molar-refractivity contribution in [3.63, 3.8) is 0 Å². The first-order chi connectivity index (χ1) is 11.6. The van der Waals surface area contributed by atoms with Crippen LogP contribution in [0.2, 0.25) is 5.02 Å². The smallest absolute Gasteiger partial charge is 0.253 e. The van der Waals surface area contributed by atoms with E-state index in [4.69, 9.17) is 11.6 Å². The molecule has 122 valence electrons. The Labute approximate surface area is 149 Å². The standard InChI is InChI=1S/C18H16ClN3OS/c1-11(21-17(23)14-8-9-20-10-15(14)19)16-12(2)22-18(24-16)13-6-4-3-5-7-13/h3-11H,1-2H3,(H,21,23)/t11-/m0/s1. The lowest BCUT2D eigenvalue weighted by Gasteiger charge is -2.13. The van der Waals surface area contributed by atoms with Crippen molar-refractivity contribution in [2.45, 2.75) is 19.9 Å². The summed E-state index contributed by atoms with van der Waals surface area (Å²) in [7, 11) is 0. The lowest BCUT2D eigenvalue weighted by molar-refractivity contribution is 0.0940. The molecular weight excluding hydrogens is 342 g/mol. The minimum Gasteiger partial charge on any atom is -0.345 e. The van der Waals surface area contributed by atoms with E-state index in [1.807, 2.05) is 44.2 Å². The van der Waals surface area contributed by atoms with Crippen molar-refractivity contribution in [1.82, 2.24) is 15.3 Å². The van der Waals surface area contributed by atoms with Crippen molar-refractivity contribution >= 4 is 28.8 Å². The van der Waals surface area contributed by atoms with Crippen LogP contribution in [0.4, 0.5) is 0 Å². The number of hydrogen-bond acceptors (Lipinski definition) is 4. The number of rotatable bonds is 4. The summed E-state index contributed by atoms with van der Waals surface area (Å²) in [6.07, 6.45) is 3.02. The van der Waals surface area contributed by atoms with E-state index in [0.717, 1.165) is 21.1 Å². The predicted molar refractivity (Wildman–Crippen MR) is 97.4 cm³/mol. The second-order valence-electron chi connectivity index (χ2n) is 5.39. The van der Waals surface area contributed by atoms with Gasteiger partial charge in [-0.1, -0.05) is 41.9 Å². The number of hydrogen-bond donors (Lipinski definition) is 1. The van der Waals surface area contributed by atoms with Gasteiger partial charge in [0.2, 0.25) is 0 Å². The fourth-order valence-corrected chi connectivity index (χ4v) is 3.69. The van der Waals surface area contributed by atoms with Crippen LogP contribution < -0.4 is 5.32 Å². The van der Waals surface area contributed by atoms with Crippen molar-refractivity contribution in [3.05, 3.63) is 69.9 Å². The maximum atomic E-state index is 12.4. The van der Waals surface area contributed by atoms with Gasteiger partial charge in [-0.25, -0.2) is 4.98 Å². The van der Waals surface area contributed by atoms with Crippen LogP contribution in [0, 0.1) is 6.92 Å². The Bertz CT molecular complexity index is 864. The third-order valence-corrected chi connectivity index (χ3v) is 5.30. The topological polar surface area (TPSA) is 54.9 Å². The van der Waals surface area contributed by atoms with Crippen molar-refractivity contribution in [3.8, 4) is 10.6 Å². The SMILES string of the molecule is Cc1nc(-c2ccccc2)sc1[C@H](C)NC(=O)c1ccncc1Cl. The highest BCUT2D eigenvalue weighted by atomic mass is 35.5. The molecule has 0 aliphatic heterocycles. The molecule has 0 radical (unpaired) electrons. The molecule has 3 rings (SSSR count). The first-order valence-electron chi connectivity index (χ1n) is 7.49. The Morgan fingerprint density at radius 2 is 2.00 bits per heavy atom. The van der Waals surface area contributed by atoms with Gasteiger partial charge in [-0.2, -0.15) is 0 Å². The zero-order valence-electron chi connectivity index (χ0n) is 13.3. The van der Waals surface area contributed by atoms with E-state index in [0.29, 0.717) is 10.6 Å². The summed E-state index contributed by atoms with van der Waals surface area (Å²) < 4.78 is 0. The highest BCUT2D eigenvalue weighted by Gasteiger charge is 2.19. The third kappa shape index (κ3) is 3.47. The number of benzene rings is 1. The first-order valence-corrected chi connectivity index (χ1v) is 8.69. The van der Waals surface area contributed by atoms with Crippen molar-refractivity contribution in [1.29, 1.82) is 0 Å². The molecule has 1 N–H and O–H groups in total. The molecule has 24 heavy (non-hydrogen) atoms. The molecule has 0 aliphatic carbocycles. The highest BCUT2D eigenvalue weighted by molar-refractivity contribution is 7.15. The predicted octanol–water partition coefficient (Wildman–Crippen LogP) is 4.66. The number of halogens is 1. The van der Waals surface area contributed by atoms with Gasteiger partial charge in [-0.3, -0.25) is 9.78 Å². The maximum Gasteiger partial charge on any atom is 0.253 e. The molecule has 6 heteroatoms. The molecule has 0 fully saturated rings.